The van der Waals surface area contributed by atoms with Gasteiger partial charge in [-0.15, -0.1) is 0 Å². The SMILES string of the molecule is COCC(=O)Nc1cccc(NCC(=O)N2c3ccccc3C[C@@H]2C)c1. The van der Waals surface area contributed by atoms with Crippen molar-refractivity contribution in [1.29, 1.82) is 0 Å². The summed E-state index contributed by atoms with van der Waals surface area (Å²) in [7, 11) is 1.47. The number of benzene rings is 2. The highest BCUT2D eigenvalue weighted by Crippen LogP contribution is 2.31. The van der Waals surface area contributed by atoms with Gasteiger partial charge in [-0.05, 0) is 43.2 Å². The van der Waals surface area contributed by atoms with E-state index >= 15 is 0 Å². The number of amides is 2. The summed E-state index contributed by atoms with van der Waals surface area (Å²) in [6.07, 6.45) is 0.878. The van der Waals surface area contributed by atoms with Crippen molar-refractivity contribution in [3.63, 3.8) is 0 Å². The molecule has 0 bridgehead atoms. The lowest BCUT2D eigenvalue weighted by atomic mass is 10.1. The first kappa shape index (κ1) is 17.9. The number of ether oxygens (including phenoxy) is 1. The standard InChI is InChI=1S/C20H23N3O3/c1-14-10-15-6-3-4-9-18(15)23(14)20(25)12-21-16-7-5-8-17(11-16)22-19(24)13-26-2/h3-9,11,14,21H,10,12-13H2,1-2H3,(H,22,24)/t14-/m0/s1. The molecule has 26 heavy (non-hydrogen) atoms. The number of nitrogens with one attached hydrogen (secondary N) is 2. The Morgan fingerprint density at radius 2 is 1.92 bits per heavy atom. The van der Waals surface area contributed by atoms with E-state index < -0.39 is 0 Å². The van der Waals surface area contributed by atoms with E-state index in [0.717, 1.165) is 17.8 Å². The molecule has 0 radical (unpaired) electrons. The molecule has 1 aliphatic heterocycles. The number of carbonyl (C=O) groups excluding carboxylic acids is 2. The third-order valence-corrected chi connectivity index (χ3v) is 4.34. The number of methoxy groups -OCH3 is 1. The van der Waals surface area contributed by atoms with Crippen molar-refractivity contribution in [1.82, 2.24) is 0 Å². The molecule has 2 N–H and O–H groups in total. The average Bonchev–Trinajstić information content (AvgIpc) is 2.96. The monoisotopic (exact) mass is 353 g/mol. The maximum absolute atomic E-state index is 12.7. The Morgan fingerprint density at radius 3 is 2.73 bits per heavy atom. The second kappa shape index (κ2) is 8.01. The molecule has 3 rings (SSSR count). The predicted octanol–water partition coefficient (Wildman–Crippen LogP) is 2.66. The minimum atomic E-state index is -0.219. The summed E-state index contributed by atoms with van der Waals surface area (Å²) in [6.45, 7) is 2.25. The molecule has 2 aromatic carbocycles. The summed E-state index contributed by atoms with van der Waals surface area (Å²) < 4.78 is 4.80. The molecule has 0 aliphatic carbocycles. The van der Waals surface area contributed by atoms with Gasteiger partial charge >= 0.3 is 0 Å². The van der Waals surface area contributed by atoms with E-state index in [1.807, 2.05) is 35.2 Å². The highest BCUT2D eigenvalue weighted by Gasteiger charge is 2.30. The molecule has 0 spiro atoms. The van der Waals surface area contributed by atoms with E-state index in [1.54, 1.807) is 12.1 Å². The van der Waals surface area contributed by atoms with Gasteiger partial charge in [0.2, 0.25) is 11.8 Å². The summed E-state index contributed by atoms with van der Waals surface area (Å²) in [5, 5.41) is 5.89. The van der Waals surface area contributed by atoms with Gasteiger partial charge in [-0.3, -0.25) is 9.59 Å². The molecule has 2 aromatic rings. The van der Waals surface area contributed by atoms with Gasteiger partial charge in [-0.25, -0.2) is 0 Å². The normalized spacial score (nSPS) is 15.5. The first-order valence-corrected chi connectivity index (χ1v) is 8.61. The number of hydrogen-bond donors (Lipinski definition) is 2. The van der Waals surface area contributed by atoms with Crippen LogP contribution in [-0.2, 0) is 20.7 Å². The van der Waals surface area contributed by atoms with Crippen LogP contribution in [0, 0.1) is 0 Å². The molecule has 0 saturated carbocycles. The first-order chi connectivity index (χ1) is 12.6. The van der Waals surface area contributed by atoms with E-state index in [2.05, 4.69) is 23.6 Å². The van der Waals surface area contributed by atoms with Crippen molar-refractivity contribution in [3.8, 4) is 0 Å². The van der Waals surface area contributed by atoms with Crippen LogP contribution in [0.5, 0.6) is 0 Å². The van der Waals surface area contributed by atoms with Crippen molar-refractivity contribution < 1.29 is 14.3 Å². The van der Waals surface area contributed by atoms with E-state index in [4.69, 9.17) is 4.74 Å². The number of fused-ring (bicyclic) bond motifs is 1. The second-order valence-corrected chi connectivity index (χ2v) is 6.36. The molecule has 0 fully saturated rings. The van der Waals surface area contributed by atoms with Crippen LogP contribution < -0.4 is 15.5 Å². The Bertz CT molecular complexity index is 806. The third-order valence-electron chi connectivity index (χ3n) is 4.34. The largest absolute Gasteiger partial charge is 0.376 e. The summed E-state index contributed by atoms with van der Waals surface area (Å²) in [6, 6.07) is 15.4. The zero-order chi connectivity index (χ0) is 18.5. The predicted molar refractivity (Wildman–Crippen MR) is 103 cm³/mol. The zero-order valence-corrected chi connectivity index (χ0v) is 15.0. The quantitative estimate of drug-likeness (QED) is 0.838. The Labute approximate surface area is 153 Å². The molecule has 6 heteroatoms. The van der Waals surface area contributed by atoms with Gasteiger partial charge in [0, 0.05) is 30.2 Å². The van der Waals surface area contributed by atoms with Crippen molar-refractivity contribution in [3.05, 3.63) is 54.1 Å². The number of rotatable bonds is 6. The zero-order valence-electron chi connectivity index (χ0n) is 15.0. The maximum atomic E-state index is 12.7. The Kier molecular flexibility index (Phi) is 5.53. The van der Waals surface area contributed by atoms with Gasteiger partial charge in [0.25, 0.3) is 0 Å². The van der Waals surface area contributed by atoms with E-state index in [1.165, 1.54) is 12.7 Å². The topological polar surface area (TPSA) is 70.7 Å². The van der Waals surface area contributed by atoms with Gasteiger partial charge in [0.1, 0.15) is 6.61 Å². The molecule has 6 nitrogen and oxygen atoms in total. The van der Waals surface area contributed by atoms with Gasteiger partial charge in [-0.1, -0.05) is 24.3 Å². The molecule has 136 valence electrons. The number of carbonyl (C=O) groups is 2. The van der Waals surface area contributed by atoms with Crippen LogP contribution in [-0.4, -0.2) is 38.1 Å². The fourth-order valence-corrected chi connectivity index (χ4v) is 3.24. The molecular weight excluding hydrogens is 330 g/mol. The van der Waals surface area contributed by atoms with Crippen LogP contribution >= 0.6 is 0 Å². The second-order valence-electron chi connectivity index (χ2n) is 6.36. The first-order valence-electron chi connectivity index (χ1n) is 8.61. The lowest BCUT2D eigenvalue weighted by Crippen LogP contribution is -2.39. The summed E-state index contributed by atoms with van der Waals surface area (Å²) in [4.78, 5) is 26.2. The maximum Gasteiger partial charge on any atom is 0.250 e. The number of nitrogens with zero attached hydrogens (tertiary/aromatic N) is 1. The fraction of sp³-hybridized carbons (Fsp3) is 0.300. The van der Waals surface area contributed by atoms with Gasteiger partial charge in [0.15, 0.2) is 0 Å². The van der Waals surface area contributed by atoms with E-state index in [9.17, 15) is 9.59 Å². The molecular formula is C20H23N3O3. The van der Waals surface area contributed by atoms with Gasteiger partial charge < -0.3 is 20.3 Å². The van der Waals surface area contributed by atoms with Gasteiger partial charge in [-0.2, -0.15) is 0 Å². The Morgan fingerprint density at radius 1 is 1.15 bits per heavy atom. The summed E-state index contributed by atoms with van der Waals surface area (Å²) >= 11 is 0. The average molecular weight is 353 g/mol. The van der Waals surface area contributed by atoms with Crippen molar-refractivity contribution >= 4 is 28.9 Å². The molecule has 0 aromatic heterocycles. The highest BCUT2D eigenvalue weighted by molar-refractivity contribution is 5.98. The van der Waals surface area contributed by atoms with Crippen LogP contribution in [0.25, 0.3) is 0 Å². The highest BCUT2D eigenvalue weighted by atomic mass is 16.5. The van der Waals surface area contributed by atoms with Crippen LogP contribution in [0.2, 0.25) is 0 Å². The number of anilines is 3. The van der Waals surface area contributed by atoms with Crippen molar-refractivity contribution in [2.45, 2.75) is 19.4 Å². The third kappa shape index (κ3) is 4.03. The molecule has 0 saturated heterocycles. The van der Waals surface area contributed by atoms with E-state index in [0.29, 0.717) is 5.69 Å². The number of hydrogen-bond acceptors (Lipinski definition) is 4. The lowest BCUT2D eigenvalue weighted by Gasteiger charge is -2.23. The van der Waals surface area contributed by atoms with Crippen molar-refractivity contribution in [2.75, 3.05) is 35.8 Å². The molecule has 0 unspecified atom stereocenters. The van der Waals surface area contributed by atoms with Crippen LogP contribution in [0.3, 0.4) is 0 Å². The van der Waals surface area contributed by atoms with Crippen LogP contribution in [0.4, 0.5) is 17.1 Å². The number of para-hydroxylation sites is 1. The lowest BCUT2D eigenvalue weighted by molar-refractivity contribution is -0.119. The molecule has 2 amide bonds. The molecule has 1 aliphatic rings. The van der Waals surface area contributed by atoms with Crippen LogP contribution in [0.1, 0.15) is 12.5 Å². The fourth-order valence-electron chi connectivity index (χ4n) is 3.24. The van der Waals surface area contributed by atoms with E-state index in [-0.39, 0.29) is 31.0 Å². The van der Waals surface area contributed by atoms with Crippen LogP contribution in [0.15, 0.2) is 48.5 Å². The van der Waals surface area contributed by atoms with Gasteiger partial charge in [0.05, 0.1) is 6.54 Å². The summed E-state index contributed by atoms with van der Waals surface area (Å²) in [5.41, 5.74) is 3.63. The Hall–Kier alpha value is -2.86. The minimum Gasteiger partial charge on any atom is -0.376 e. The minimum absolute atomic E-state index is 0.00238. The smallest absolute Gasteiger partial charge is 0.250 e. The summed E-state index contributed by atoms with van der Waals surface area (Å²) in [5.74, 6) is -0.195. The molecule has 1 heterocycles. The molecule has 1 atom stereocenters. The Balaban J connectivity index is 1.62. The van der Waals surface area contributed by atoms with Crippen molar-refractivity contribution in [2.24, 2.45) is 0 Å².